The molecule has 208 valence electrons. The zero-order valence-corrected chi connectivity index (χ0v) is 23.9. The third-order valence-electron chi connectivity index (χ3n) is 7.87. The van der Waals surface area contributed by atoms with Gasteiger partial charge in [-0.2, -0.15) is 0 Å². The summed E-state index contributed by atoms with van der Waals surface area (Å²) in [5.41, 5.74) is 4.99. The molecule has 9 heteroatoms. The Hall–Kier alpha value is -4.34. The number of para-hydroxylation sites is 1. The maximum Gasteiger partial charge on any atom is 0.267 e. The molecule has 1 aliphatic heterocycles. The van der Waals surface area contributed by atoms with Crippen LogP contribution < -0.4 is 26.4 Å². The summed E-state index contributed by atoms with van der Waals surface area (Å²) in [6.07, 6.45) is 1.79. The molecule has 1 amide bonds. The van der Waals surface area contributed by atoms with Crippen LogP contribution in [0.25, 0.3) is 22.0 Å². The van der Waals surface area contributed by atoms with Crippen molar-refractivity contribution in [3.63, 3.8) is 0 Å². The summed E-state index contributed by atoms with van der Waals surface area (Å²) in [4.78, 5) is 48.1. The second-order valence-corrected chi connectivity index (χ2v) is 11.2. The van der Waals surface area contributed by atoms with Gasteiger partial charge in [0.1, 0.15) is 10.6 Å². The number of thiophene rings is 1. The fraction of sp³-hybridized carbons (Fsp3) is 0.250. The smallest absolute Gasteiger partial charge is 0.267 e. The summed E-state index contributed by atoms with van der Waals surface area (Å²) in [6.45, 7) is 8.70. The Morgan fingerprint density at radius 1 is 1.00 bits per heavy atom. The lowest BCUT2D eigenvalue weighted by Crippen LogP contribution is -2.51. The minimum Gasteiger partial charge on any atom is -0.380 e. The van der Waals surface area contributed by atoms with E-state index in [-0.39, 0.29) is 5.91 Å². The van der Waals surface area contributed by atoms with E-state index < -0.39 is 10.9 Å². The van der Waals surface area contributed by atoms with Gasteiger partial charge in [0.15, 0.2) is 0 Å². The second kappa shape index (κ2) is 11.3. The lowest BCUT2D eigenvalue weighted by molar-refractivity contribution is 0.103. The van der Waals surface area contributed by atoms with Crippen LogP contribution in [0.3, 0.4) is 0 Å². The van der Waals surface area contributed by atoms with Gasteiger partial charge in [0.05, 0.1) is 16.8 Å². The van der Waals surface area contributed by atoms with Gasteiger partial charge in [-0.15, -0.1) is 11.3 Å². The molecular formula is C32H31N5O3S. The van der Waals surface area contributed by atoms with Gasteiger partial charge in [0.2, 0.25) is 10.9 Å². The summed E-state index contributed by atoms with van der Waals surface area (Å²) < 4.78 is 0. The van der Waals surface area contributed by atoms with E-state index in [1.807, 2.05) is 65.7 Å². The van der Waals surface area contributed by atoms with Crippen LogP contribution in [0.1, 0.15) is 27.7 Å². The minimum absolute atomic E-state index is 0.238. The molecule has 3 aromatic carbocycles. The SMILES string of the molecule is CCN1CCN(c2c(-c3cc(NC(=O)c4sccc4NCc4ccnc5ccccc45)ccc3C)c(=O)c2=O)CC1. The normalized spacial score (nSPS) is 14.0. The van der Waals surface area contributed by atoms with Crippen molar-refractivity contribution in [3.05, 3.63) is 103 Å². The van der Waals surface area contributed by atoms with Crippen LogP contribution in [0.4, 0.5) is 17.1 Å². The fourth-order valence-electron chi connectivity index (χ4n) is 5.50. The van der Waals surface area contributed by atoms with E-state index >= 15 is 0 Å². The molecule has 2 N–H and O–H groups in total. The van der Waals surface area contributed by atoms with Crippen molar-refractivity contribution in [3.8, 4) is 11.1 Å². The number of rotatable bonds is 8. The van der Waals surface area contributed by atoms with Crippen molar-refractivity contribution in [2.75, 3.05) is 48.3 Å². The van der Waals surface area contributed by atoms with E-state index in [1.54, 1.807) is 12.3 Å². The Kier molecular flexibility index (Phi) is 7.38. The molecule has 6 rings (SSSR count). The van der Waals surface area contributed by atoms with E-state index in [4.69, 9.17) is 0 Å². The average Bonchev–Trinajstić information content (AvgIpc) is 3.48. The Balaban J connectivity index is 1.20. The molecule has 1 fully saturated rings. The number of carbonyl (C=O) groups excluding carboxylic acids is 1. The molecule has 0 saturated carbocycles. The van der Waals surface area contributed by atoms with Crippen molar-refractivity contribution >= 4 is 45.2 Å². The largest absolute Gasteiger partial charge is 0.380 e. The van der Waals surface area contributed by atoms with Gasteiger partial charge in [-0.1, -0.05) is 31.2 Å². The number of nitrogens with one attached hydrogen (secondary N) is 2. The average molecular weight is 566 g/mol. The molecule has 41 heavy (non-hydrogen) atoms. The molecule has 1 saturated heterocycles. The first-order valence-electron chi connectivity index (χ1n) is 13.8. The summed E-state index contributed by atoms with van der Waals surface area (Å²) in [7, 11) is 0. The number of benzene rings is 2. The molecule has 0 bridgehead atoms. The Labute approximate surface area is 242 Å². The quantitative estimate of drug-likeness (QED) is 0.259. The Bertz CT molecular complexity index is 1810. The molecular weight excluding hydrogens is 534 g/mol. The predicted molar refractivity (Wildman–Crippen MR) is 167 cm³/mol. The zero-order chi connectivity index (χ0) is 28.5. The number of carbonyl (C=O) groups is 1. The van der Waals surface area contributed by atoms with E-state index in [0.717, 1.165) is 47.4 Å². The highest BCUT2D eigenvalue weighted by molar-refractivity contribution is 7.12. The number of aromatic nitrogens is 1. The first-order valence-corrected chi connectivity index (χ1v) is 14.7. The van der Waals surface area contributed by atoms with Crippen molar-refractivity contribution in [1.29, 1.82) is 0 Å². The van der Waals surface area contributed by atoms with Crippen LogP contribution in [0.5, 0.6) is 0 Å². The molecule has 3 heterocycles. The van der Waals surface area contributed by atoms with Gasteiger partial charge >= 0.3 is 0 Å². The van der Waals surface area contributed by atoms with Crippen LogP contribution >= 0.6 is 11.3 Å². The van der Waals surface area contributed by atoms with Crippen LogP contribution in [0, 0.1) is 6.92 Å². The lowest BCUT2D eigenvalue weighted by atomic mass is 9.93. The van der Waals surface area contributed by atoms with E-state index in [2.05, 4.69) is 27.4 Å². The molecule has 0 atom stereocenters. The van der Waals surface area contributed by atoms with Gasteiger partial charge < -0.3 is 20.4 Å². The van der Waals surface area contributed by atoms with Crippen LogP contribution in [0.2, 0.25) is 0 Å². The fourth-order valence-corrected chi connectivity index (χ4v) is 6.27. The molecule has 1 aliphatic rings. The monoisotopic (exact) mass is 565 g/mol. The number of aryl methyl sites for hydroxylation is 1. The van der Waals surface area contributed by atoms with E-state index in [0.29, 0.717) is 47.0 Å². The first-order chi connectivity index (χ1) is 19.9. The van der Waals surface area contributed by atoms with Crippen molar-refractivity contribution < 1.29 is 4.79 Å². The van der Waals surface area contributed by atoms with Gasteiger partial charge in [-0.3, -0.25) is 19.4 Å². The Morgan fingerprint density at radius 3 is 2.61 bits per heavy atom. The molecule has 0 unspecified atom stereocenters. The standard InChI is InChI=1S/C32H31N5O3S/c1-3-36-13-15-37(16-14-36)28-27(29(38)30(28)39)24-18-22(9-8-20(24)2)35-32(40)31-26(11-17-41-31)34-19-21-10-12-33-25-7-5-4-6-23(21)25/h4-12,17-18,34H,3,13-16,19H2,1-2H3,(H,35,40). The maximum atomic E-state index is 13.4. The number of nitrogens with zero attached hydrogens (tertiary/aromatic N) is 3. The van der Waals surface area contributed by atoms with Gasteiger partial charge in [0.25, 0.3) is 5.91 Å². The van der Waals surface area contributed by atoms with Gasteiger partial charge in [0, 0.05) is 50.0 Å². The maximum absolute atomic E-state index is 13.4. The number of hydrogen-bond donors (Lipinski definition) is 2. The molecule has 5 aromatic rings. The van der Waals surface area contributed by atoms with Crippen molar-refractivity contribution in [2.24, 2.45) is 0 Å². The van der Waals surface area contributed by atoms with Crippen LogP contribution in [-0.2, 0) is 6.54 Å². The number of likely N-dealkylation sites (N-methyl/N-ethyl adjacent to an activating group) is 1. The number of fused-ring (bicyclic) bond motifs is 1. The zero-order valence-electron chi connectivity index (χ0n) is 23.1. The molecule has 2 aromatic heterocycles. The number of pyridine rings is 1. The molecule has 8 nitrogen and oxygen atoms in total. The minimum atomic E-state index is -0.460. The number of amides is 1. The van der Waals surface area contributed by atoms with E-state index in [9.17, 15) is 14.4 Å². The summed E-state index contributed by atoms with van der Waals surface area (Å²) in [5, 5.41) is 9.36. The molecule has 0 spiro atoms. The summed E-state index contributed by atoms with van der Waals surface area (Å²) >= 11 is 1.36. The second-order valence-electron chi connectivity index (χ2n) is 10.3. The summed E-state index contributed by atoms with van der Waals surface area (Å²) in [5.74, 6) is -0.238. The van der Waals surface area contributed by atoms with Gasteiger partial charge in [-0.05, 0) is 65.9 Å². The molecule has 0 aliphatic carbocycles. The lowest BCUT2D eigenvalue weighted by Gasteiger charge is -2.36. The highest BCUT2D eigenvalue weighted by Crippen LogP contribution is 2.33. The van der Waals surface area contributed by atoms with Crippen molar-refractivity contribution in [2.45, 2.75) is 20.4 Å². The number of piperazine rings is 1. The first kappa shape index (κ1) is 26.9. The summed E-state index contributed by atoms with van der Waals surface area (Å²) in [6, 6.07) is 17.4. The van der Waals surface area contributed by atoms with E-state index in [1.165, 1.54) is 11.3 Å². The molecule has 0 radical (unpaired) electrons. The van der Waals surface area contributed by atoms with Crippen LogP contribution in [0.15, 0.2) is 75.8 Å². The van der Waals surface area contributed by atoms with Crippen LogP contribution in [-0.4, -0.2) is 48.5 Å². The van der Waals surface area contributed by atoms with Crippen molar-refractivity contribution in [1.82, 2.24) is 9.88 Å². The highest BCUT2D eigenvalue weighted by Gasteiger charge is 2.30. The highest BCUT2D eigenvalue weighted by atomic mass is 32.1. The third kappa shape index (κ3) is 5.14. The number of anilines is 3. The Morgan fingerprint density at radius 2 is 1.80 bits per heavy atom. The third-order valence-corrected chi connectivity index (χ3v) is 8.78. The predicted octanol–water partition coefficient (Wildman–Crippen LogP) is 4.87. The number of hydrogen-bond acceptors (Lipinski definition) is 8. The topological polar surface area (TPSA) is 94.6 Å². The van der Waals surface area contributed by atoms with Gasteiger partial charge in [-0.25, -0.2) is 0 Å².